The highest BCUT2D eigenvalue weighted by molar-refractivity contribution is 5.83. The Morgan fingerprint density at radius 1 is 1.15 bits per heavy atom. The summed E-state index contributed by atoms with van der Waals surface area (Å²) in [5.41, 5.74) is 6.60. The second-order valence-corrected chi connectivity index (χ2v) is 5.13. The minimum Gasteiger partial charge on any atom is -0.356 e. The summed E-state index contributed by atoms with van der Waals surface area (Å²) in [6.45, 7) is 5.00. The molecule has 1 rings (SSSR count). The van der Waals surface area contributed by atoms with Crippen LogP contribution in [0.5, 0.6) is 0 Å². The van der Waals surface area contributed by atoms with Gasteiger partial charge in [-0.25, -0.2) is 0 Å². The van der Waals surface area contributed by atoms with Gasteiger partial charge in [0, 0.05) is 19.5 Å². The van der Waals surface area contributed by atoms with E-state index in [2.05, 4.69) is 10.6 Å². The predicted molar refractivity (Wildman–Crippen MR) is 78.8 cm³/mol. The van der Waals surface area contributed by atoms with Gasteiger partial charge in [0.15, 0.2) is 0 Å². The van der Waals surface area contributed by atoms with E-state index in [1.807, 2.05) is 32.0 Å². The van der Waals surface area contributed by atoms with Gasteiger partial charge in [-0.3, -0.25) is 9.59 Å². The van der Waals surface area contributed by atoms with Gasteiger partial charge in [0.05, 0.1) is 0 Å². The summed E-state index contributed by atoms with van der Waals surface area (Å²) in [6.07, 6.45) is 0.264. The summed E-state index contributed by atoms with van der Waals surface area (Å²) in [5, 5.41) is 5.47. The summed E-state index contributed by atoms with van der Waals surface area (Å²) in [6, 6.07) is 8.45. The van der Waals surface area contributed by atoms with Crippen molar-refractivity contribution < 1.29 is 9.59 Å². The molecule has 0 fully saturated rings. The summed E-state index contributed by atoms with van der Waals surface area (Å²) in [5.74, 6) is 0.0835. The maximum absolute atomic E-state index is 11.8. The normalized spacial score (nSPS) is 12.0. The SMILES string of the molecule is CC(C)CNC(=O)CCNC(=O)[C@H](N)c1ccccc1. The molecule has 5 nitrogen and oxygen atoms in total. The number of hydrogen-bond acceptors (Lipinski definition) is 3. The first kappa shape index (κ1) is 16.2. The molecule has 0 heterocycles. The lowest BCUT2D eigenvalue weighted by molar-refractivity contribution is -0.123. The van der Waals surface area contributed by atoms with Gasteiger partial charge in [-0.05, 0) is 11.5 Å². The third kappa shape index (κ3) is 5.84. The van der Waals surface area contributed by atoms with Crippen LogP contribution in [-0.2, 0) is 9.59 Å². The van der Waals surface area contributed by atoms with Crippen molar-refractivity contribution in [1.82, 2.24) is 10.6 Å². The Kier molecular flexibility index (Phi) is 6.73. The second kappa shape index (κ2) is 8.32. The maximum Gasteiger partial charge on any atom is 0.241 e. The average Bonchev–Trinajstić information content (AvgIpc) is 2.45. The molecule has 0 aliphatic rings. The van der Waals surface area contributed by atoms with Crippen LogP contribution in [0.4, 0.5) is 0 Å². The molecule has 1 aromatic carbocycles. The first-order chi connectivity index (χ1) is 9.50. The minimum atomic E-state index is -0.699. The summed E-state index contributed by atoms with van der Waals surface area (Å²) in [7, 11) is 0. The highest BCUT2D eigenvalue weighted by atomic mass is 16.2. The van der Waals surface area contributed by atoms with Crippen LogP contribution in [0.25, 0.3) is 0 Å². The number of nitrogens with two attached hydrogens (primary N) is 1. The monoisotopic (exact) mass is 277 g/mol. The van der Waals surface area contributed by atoms with Gasteiger partial charge in [0.25, 0.3) is 0 Å². The summed E-state index contributed by atoms with van der Waals surface area (Å²) in [4.78, 5) is 23.3. The first-order valence-electron chi connectivity index (χ1n) is 6.85. The molecule has 1 atom stereocenters. The van der Waals surface area contributed by atoms with Crippen LogP contribution in [0.1, 0.15) is 31.9 Å². The van der Waals surface area contributed by atoms with Crippen molar-refractivity contribution >= 4 is 11.8 Å². The van der Waals surface area contributed by atoms with Crippen LogP contribution >= 0.6 is 0 Å². The number of carbonyl (C=O) groups is 2. The van der Waals surface area contributed by atoms with E-state index in [-0.39, 0.29) is 18.2 Å². The van der Waals surface area contributed by atoms with Crippen molar-refractivity contribution in [3.63, 3.8) is 0 Å². The van der Waals surface area contributed by atoms with Crippen LogP contribution in [0.2, 0.25) is 0 Å². The van der Waals surface area contributed by atoms with E-state index >= 15 is 0 Å². The lowest BCUT2D eigenvalue weighted by Crippen LogP contribution is -2.37. The highest BCUT2D eigenvalue weighted by Crippen LogP contribution is 2.08. The van der Waals surface area contributed by atoms with Crippen molar-refractivity contribution in [3.8, 4) is 0 Å². The third-order valence-corrected chi connectivity index (χ3v) is 2.80. The topological polar surface area (TPSA) is 84.2 Å². The Bertz CT molecular complexity index is 432. The van der Waals surface area contributed by atoms with E-state index in [0.717, 1.165) is 5.56 Å². The van der Waals surface area contributed by atoms with Gasteiger partial charge >= 0.3 is 0 Å². The van der Waals surface area contributed by atoms with Crippen LogP contribution in [-0.4, -0.2) is 24.9 Å². The van der Waals surface area contributed by atoms with Crippen molar-refractivity contribution in [2.45, 2.75) is 26.3 Å². The van der Waals surface area contributed by atoms with Gasteiger partial charge in [0.1, 0.15) is 6.04 Å². The quantitative estimate of drug-likeness (QED) is 0.694. The number of amides is 2. The highest BCUT2D eigenvalue weighted by Gasteiger charge is 2.15. The number of nitrogens with one attached hydrogen (secondary N) is 2. The lowest BCUT2D eigenvalue weighted by Gasteiger charge is -2.12. The van der Waals surface area contributed by atoms with Gasteiger partial charge in [-0.2, -0.15) is 0 Å². The lowest BCUT2D eigenvalue weighted by atomic mass is 10.1. The van der Waals surface area contributed by atoms with Crippen LogP contribution in [0.3, 0.4) is 0 Å². The fourth-order valence-electron chi connectivity index (χ4n) is 1.63. The zero-order chi connectivity index (χ0) is 15.0. The molecule has 110 valence electrons. The molecule has 20 heavy (non-hydrogen) atoms. The van der Waals surface area contributed by atoms with E-state index in [0.29, 0.717) is 19.0 Å². The third-order valence-electron chi connectivity index (χ3n) is 2.80. The minimum absolute atomic E-state index is 0.0627. The van der Waals surface area contributed by atoms with Crippen LogP contribution in [0, 0.1) is 5.92 Å². The number of rotatable bonds is 7. The van der Waals surface area contributed by atoms with Crippen molar-refractivity contribution in [1.29, 1.82) is 0 Å². The molecule has 0 aliphatic carbocycles. The molecule has 1 aromatic rings. The molecule has 0 radical (unpaired) electrons. The Morgan fingerprint density at radius 3 is 2.40 bits per heavy atom. The summed E-state index contributed by atoms with van der Waals surface area (Å²) < 4.78 is 0. The average molecular weight is 277 g/mol. The van der Waals surface area contributed by atoms with Crippen molar-refractivity contribution in [3.05, 3.63) is 35.9 Å². The van der Waals surface area contributed by atoms with E-state index < -0.39 is 6.04 Å². The van der Waals surface area contributed by atoms with Gasteiger partial charge in [-0.1, -0.05) is 44.2 Å². The van der Waals surface area contributed by atoms with Crippen LogP contribution < -0.4 is 16.4 Å². The molecular formula is C15H23N3O2. The number of carbonyl (C=O) groups excluding carboxylic acids is 2. The van der Waals surface area contributed by atoms with Crippen LogP contribution in [0.15, 0.2) is 30.3 Å². The first-order valence-corrected chi connectivity index (χ1v) is 6.85. The molecule has 0 saturated carbocycles. The molecule has 0 saturated heterocycles. The van der Waals surface area contributed by atoms with Crippen molar-refractivity contribution in [2.75, 3.05) is 13.1 Å². The fourth-order valence-corrected chi connectivity index (χ4v) is 1.63. The largest absolute Gasteiger partial charge is 0.356 e. The van der Waals surface area contributed by atoms with E-state index in [9.17, 15) is 9.59 Å². The standard InChI is InChI=1S/C15H23N3O2/c1-11(2)10-18-13(19)8-9-17-15(20)14(16)12-6-4-3-5-7-12/h3-7,11,14H,8-10,16H2,1-2H3,(H,17,20)(H,18,19)/t14-/m1/s1. The number of hydrogen-bond donors (Lipinski definition) is 3. The van der Waals surface area contributed by atoms with E-state index in [1.165, 1.54) is 0 Å². The molecule has 0 bridgehead atoms. The van der Waals surface area contributed by atoms with Gasteiger partial charge < -0.3 is 16.4 Å². The Morgan fingerprint density at radius 2 is 1.80 bits per heavy atom. The Balaban J connectivity index is 2.28. The summed E-state index contributed by atoms with van der Waals surface area (Å²) >= 11 is 0. The Labute approximate surface area is 119 Å². The molecular weight excluding hydrogens is 254 g/mol. The molecule has 0 aromatic heterocycles. The zero-order valence-electron chi connectivity index (χ0n) is 12.1. The fraction of sp³-hybridized carbons (Fsp3) is 0.467. The van der Waals surface area contributed by atoms with E-state index in [1.54, 1.807) is 12.1 Å². The zero-order valence-corrected chi connectivity index (χ0v) is 12.1. The Hall–Kier alpha value is -1.88. The predicted octanol–water partition coefficient (Wildman–Crippen LogP) is 0.965. The molecule has 5 heteroatoms. The molecule has 4 N–H and O–H groups in total. The number of benzene rings is 1. The molecule has 0 unspecified atom stereocenters. The maximum atomic E-state index is 11.8. The van der Waals surface area contributed by atoms with Gasteiger partial charge in [-0.15, -0.1) is 0 Å². The smallest absolute Gasteiger partial charge is 0.241 e. The van der Waals surface area contributed by atoms with Gasteiger partial charge in [0.2, 0.25) is 11.8 Å². The molecule has 0 spiro atoms. The van der Waals surface area contributed by atoms with Crippen molar-refractivity contribution in [2.24, 2.45) is 11.7 Å². The molecule has 0 aliphatic heterocycles. The van der Waals surface area contributed by atoms with E-state index in [4.69, 9.17) is 5.73 Å². The second-order valence-electron chi connectivity index (χ2n) is 5.13. The molecule has 2 amide bonds.